The molecule has 92 valence electrons. The molecule has 2 aromatic rings. The minimum Gasteiger partial charge on any atom is -0.365 e. The average Bonchev–Trinajstić information content (AvgIpc) is 2.46. The first-order valence-electron chi connectivity index (χ1n) is 6.26. The van der Waals surface area contributed by atoms with Crippen LogP contribution in [0.5, 0.6) is 0 Å². The number of anilines is 1. The molecule has 0 amide bonds. The maximum absolute atomic E-state index is 4.54. The van der Waals surface area contributed by atoms with Gasteiger partial charge in [0.2, 0.25) is 0 Å². The SMILES string of the molecule is C1=C(CNc2cnc3ccccc3n2)CCNC1. The molecule has 1 aromatic carbocycles. The predicted octanol–water partition coefficient (Wildman–Crippen LogP) is 1.96. The molecule has 0 atom stereocenters. The second-order valence-electron chi connectivity index (χ2n) is 4.41. The second kappa shape index (κ2) is 5.14. The Morgan fingerprint density at radius 1 is 1.22 bits per heavy atom. The zero-order valence-electron chi connectivity index (χ0n) is 10.2. The highest BCUT2D eigenvalue weighted by Gasteiger charge is 2.03. The summed E-state index contributed by atoms with van der Waals surface area (Å²) in [6.45, 7) is 2.89. The number of para-hydroxylation sites is 2. The minimum atomic E-state index is 0.841. The Hall–Kier alpha value is -1.94. The summed E-state index contributed by atoms with van der Waals surface area (Å²) < 4.78 is 0. The van der Waals surface area contributed by atoms with Gasteiger partial charge in [-0.3, -0.25) is 4.98 Å². The van der Waals surface area contributed by atoms with E-state index in [1.807, 2.05) is 24.3 Å². The molecule has 0 bridgehead atoms. The monoisotopic (exact) mass is 240 g/mol. The molecule has 0 unspecified atom stereocenters. The molecule has 0 fully saturated rings. The van der Waals surface area contributed by atoms with Gasteiger partial charge in [-0.25, -0.2) is 4.98 Å². The van der Waals surface area contributed by atoms with Crippen LogP contribution in [0.1, 0.15) is 6.42 Å². The summed E-state index contributed by atoms with van der Waals surface area (Å²) in [5.74, 6) is 0.841. The fourth-order valence-corrected chi connectivity index (χ4v) is 2.08. The van der Waals surface area contributed by atoms with Crippen molar-refractivity contribution < 1.29 is 0 Å². The largest absolute Gasteiger partial charge is 0.365 e. The van der Waals surface area contributed by atoms with Crippen LogP contribution >= 0.6 is 0 Å². The van der Waals surface area contributed by atoms with Gasteiger partial charge < -0.3 is 10.6 Å². The van der Waals surface area contributed by atoms with E-state index < -0.39 is 0 Å². The van der Waals surface area contributed by atoms with Crippen molar-refractivity contribution >= 4 is 16.9 Å². The third-order valence-corrected chi connectivity index (χ3v) is 3.10. The van der Waals surface area contributed by atoms with Gasteiger partial charge in [0.05, 0.1) is 17.2 Å². The zero-order valence-corrected chi connectivity index (χ0v) is 10.2. The van der Waals surface area contributed by atoms with Crippen LogP contribution in [0.2, 0.25) is 0 Å². The molecule has 2 N–H and O–H groups in total. The molecule has 0 saturated carbocycles. The second-order valence-corrected chi connectivity index (χ2v) is 4.41. The van der Waals surface area contributed by atoms with Crippen molar-refractivity contribution in [2.45, 2.75) is 6.42 Å². The third kappa shape index (κ3) is 2.49. The van der Waals surface area contributed by atoms with Gasteiger partial charge in [-0.15, -0.1) is 0 Å². The molecule has 2 heterocycles. The van der Waals surface area contributed by atoms with Crippen molar-refractivity contribution in [1.82, 2.24) is 15.3 Å². The third-order valence-electron chi connectivity index (χ3n) is 3.10. The van der Waals surface area contributed by atoms with Crippen LogP contribution in [-0.4, -0.2) is 29.6 Å². The van der Waals surface area contributed by atoms with E-state index in [1.54, 1.807) is 6.20 Å². The zero-order chi connectivity index (χ0) is 12.2. The lowest BCUT2D eigenvalue weighted by molar-refractivity contribution is 0.697. The Morgan fingerprint density at radius 3 is 2.94 bits per heavy atom. The van der Waals surface area contributed by atoms with Crippen LogP contribution in [0, 0.1) is 0 Å². The Bertz CT molecular complexity index is 577. The molecular weight excluding hydrogens is 224 g/mol. The van der Waals surface area contributed by atoms with Gasteiger partial charge in [0.1, 0.15) is 5.82 Å². The van der Waals surface area contributed by atoms with Gasteiger partial charge in [0.15, 0.2) is 0 Å². The summed E-state index contributed by atoms with van der Waals surface area (Å²) in [6.07, 6.45) is 5.14. The van der Waals surface area contributed by atoms with Gasteiger partial charge in [-0.1, -0.05) is 23.8 Å². The Balaban J connectivity index is 1.72. The Labute approximate surface area is 106 Å². The molecule has 1 aromatic heterocycles. The lowest BCUT2D eigenvalue weighted by Gasteiger charge is -2.14. The Morgan fingerprint density at radius 2 is 2.11 bits per heavy atom. The molecule has 0 saturated heterocycles. The normalized spacial score (nSPS) is 15.4. The van der Waals surface area contributed by atoms with Crippen LogP contribution in [-0.2, 0) is 0 Å². The van der Waals surface area contributed by atoms with E-state index >= 15 is 0 Å². The highest BCUT2D eigenvalue weighted by molar-refractivity contribution is 5.75. The summed E-state index contributed by atoms with van der Waals surface area (Å²) >= 11 is 0. The molecule has 0 radical (unpaired) electrons. The van der Waals surface area contributed by atoms with E-state index in [0.29, 0.717) is 0 Å². The van der Waals surface area contributed by atoms with E-state index in [4.69, 9.17) is 0 Å². The fourth-order valence-electron chi connectivity index (χ4n) is 2.08. The standard InChI is InChI=1S/C14H16N4/c1-2-4-13-12(3-1)16-10-14(18-13)17-9-11-5-7-15-8-6-11/h1-5,10,15H,6-9H2,(H,17,18). The number of hydrogen-bond donors (Lipinski definition) is 2. The molecule has 0 aliphatic carbocycles. The predicted molar refractivity (Wildman–Crippen MR) is 73.6 cm³/mol. The van der Waals surface area contributed by atoms with Crippen LogP contribution in [0.4, 0.5) is 5.82 Å². The average molecular weight is 240 g/mol. The maximum atomic E-state index is 4.54. The van der Waals surface area contributed by atoms with E-state index in [1.165, 1.54) is 5.57 Å². The van der Waals surface area contributed by atoms with E-state index in [0.717, 1.165) is 42.9 Å². The fraction of sp³-hybridized carbons (Fsp3) is 0.286. The van der Waals surface area contributed by atoms with Gasteiger partial charge >= 0.3 is 0 Å². The van der Waals surface area contributed by atoms with E-state index in [9.17, 15) is 0 Å². The lowest BCUT2D eigenvalue weighted by Crippen LogP contribution is -2.23. The van der Waals surface area contributed by atoms with Crippen molar-refractivity contribution in [3.63, 3.8) is 0 Å². The maximum Gasteiger partial charge on any atom is 0.145 e. The molecular formula is C14H16N4. The van der Waals surface area contributed by atoms with Crippen molar-refractivity contribution in [1.29, 1.82) is 0 Å². The number of fused-ring (bicyclic) bond motifs is 1. The first kappa shape index (κ1) is 11.2. The summed E-state index contributed by atoms with van der Waals surface area (Å²) in [4.78, 5) is 8.93. The van der Waals surface area contributed by atoms with E-state index in [2.05, 4.69) is 26.7 Å². The highest BCUT2D eigenvalue weighted by atomic mass is 15.0. The number of hydrogen-bond acceptors (Lipinski definition) is 4. The summed E-state index contributed by atoms with van der Waals surface area (Å²) in [6, 6.07) is 7.92. The molecule has 18 heavy (non-hydrogen) atoms. The molecule has 1 aliphatic rings. The number of aromatic nitrogens is 2. The van der Waals surface area contributed by atoms with Crippen LogP contribution in [0.3, 0.4) is 0 Å². The molecule has 3 rings (SSSR count). The first-order valence-corrected chi connectivity index (χ1v) is 6.26. The quantitative estimate of drug-likeness (QED) is 0.805. The van der Waals surface area contributed by atoms with Crippen molar-refractivity contribution in [2.75, 3.05) is 25.0 Å². The van der Waals surface area contributed by atoms with E-state index in [-0.39, 0.29) is 0 Å². The number of nitrogens with zero attached hydrogens (tertiary/aromatic N) is 2. The number of rotatable bonds is 3. The smallest absolute Gasteiger partial charge is 0.145 e. The van der Waals surface area contributed by atoms with Gasteiger partial charge in [-0.05, 0) is 25.1 Å². The lowest BCUT2D eigenvalue weighted by atomic mass is 10.1. The highest BCUT2D eigenvalue weighted by Crippen LogP contribution is 2.12. The molecule has 0 spiro atoms. The summed E-state index contributed by atoms with van der Waals surface area (Å²) in [7, 11) is 0. The number of nitrogens with one attached hydrogen (secondary N) is 2. The summed E-state index contributed by atoms with van der Waals surface area (Å²) in [5, 5.41) is 6.64. The minimum absolute atomic E-state index is 0.841. The first-order chi connectivity index (χ1) is 8.92. The summed E-state index contributed by atoms with van der Waals surface area (Å²) in [5.41, 5.74) is 3.30. The topological polar surface area (TPSA) is 49.8 Å². The van der Waals surface area contributed by atoms with Crippen LogP contribution in [0.25, 0.3) is 11.0 Å². The van der Waals surface area contributed by atoms with Crippen molar-refractivity contribution in [3.8, 4) is 0 Å². The molecule has 4 nitrogen and oxygen atoms in total. The molecule has 4 heteroatoms. The van der Waals surface area contributed by atoms with Crippen LogP contribution in [0.15, 0.2) is 42.1 Å². The van der Waals surface area contributed by atoms with Gasteiger partial charge in [-0.2, -0.15) is 0 Å². The van der Waals surface area contributed by atoms with Crippen LogP contribution < -0.4 is 10.6 Å². The van der Waals surface area contributed by atoms with Crippen molar-refractivity contribution in [3.05, 3.63) is 42.1 Å². The Kier molecular flexibility index (Phi) is 3.19. The molecule has 1 aliphatic heterocycles. The van der Waals surface area contributed by atoms with Crippen molar-refractivity contribution in [2.24, 2.45) is 0 Å². The number of benzene rings is 1. The van der Waals surface area contributed by atoms with Gasteiger partial charge in [0.25, 0.3) is 0 Å². The van der Waals surface area contributed by atoms with Gasteiger partial charge in [0, 0.05) is 13.1 Å².